The van der Waals surface area contributed by atoms with Gasteiger partial charge in [-0.3, -0.25) is 28.2 Å². The van der Waals surface area contributed by atoms with E-state index in [0.717, 1.165) is 70.2 Å². The normalized spacial score (nSPS) is 13.7. The van der Waals surface area contributed by atoms with Crippen molar-refractivity contribution in [3.05, 3.63) is 96.4 Å². The van der Waals surface area contributed by atoms with Gasteiger partial charge in [0.25, 0.3) is 5.56 Å². The maximum absolute atomic E-state index is 13.8. The number of benzene rings is 2. The van der Waals surface area contributed by atoms with Crippen molar-refractivity contribution in [2.24, 2.45) is 5.92 Å². The first-order valence-electron chi connectivity index (χ1n) is 14.0. The second-order valence-electron chi connectivity index (χ2n) is 10.5. The summed E-state index contributed by atoms with van der Waals surface area (Å²) in [6.45, 7) is 2.09. The van der Waals surface area contributed by atoms with Crippen LogP contribution in [0.5, 0.6) is 0 Å². The van der Waals surface area contributed by atoms with E-state index >= 15 is 0 Å². The molecule has 1 radical (unpaired) electrons. The van der Waals surface area contributed by atoms with Gasteiger partial charge in [0, 0.05) is 67.7 Å². The van der Waals surface area contributed by atoms with Crippen LogP contribution in [0.2, 0.25) is 0 Å². The van der Waals surface area contributed by atoms with Crippen LogP contribution in [0, 0.1) is 5.92 Å². The molecule has 1 aliphatic rings. The fourth-order valence-electron chi connectivity index (χ4n) is 5.67. The molecule has 9 nitrogen and oxygen atoms in total. The SMILES string of the molecule is CCc1cc2c(=O)n(CC(=O)C3CCCCC3)c(=O)n(Cc3ccc(-c4ccccc4-c4noc(=O)[nH]4)cc3)c2s1.[K]. The molecule has 1 fully saturated rings. The van der Waals surface area contributed by atoms with E-state index in [1.54, 1.807) is 4.57 Å². The molecule has 3 heterocycles. The molecular formula is C31H30KN4O5S. The van der Waals surface area contributed by atoms with E-state index < -0.39 is 11.4 Å². The first-order valence-corrected chi connectivity index (χ1v) is 14.8. The van der Waals surface area contributed by atoms with Gasteiger partial charge in [-0.05, 0) is 42.0 Å². The number of Topliss-reactive ketones (excluding diaryl/α,β-unsaturated/α-hetero) is 1. The molecule has 0 bridgehead atoms. The zero-order valence-electron chi connectivity index (χ0n) is 23.7. The molecule has 42 heavy (non-hydrogen) atoms. The van der Waals surface area contributed by atoms with E-state index in [9.17, 15) is 19.2 Å². The van der Waals surface area contributed by atoms with Crippen molar-refractivity contribution in [1.82, 2.24) is 19.3 Å². The number of aryl methyl sites for hydroxylation is 1. The van der Waals surface area contributed by atoms with Crippen LogP contribution in [0.1, 0.15) is 49.5 Å². The number of nitrogens with one attached hydrogen (secondary N) is 1. The molecule has 211 valence electrons. The van der Waals surface area contributed by atoms with Crippen molar-refractivity contribution in [2.75, 3.05) is 0 Å². The molecule has 0 spiro atoms. The smallest absolute Gasteiger partial charge is 0.297 e. The number of nitrogens with zero attached hydrogens (tertiary/aromatic N) is 3. The Kier molecular flexibility index (Phi) is 9.76. The van der Waals surface area contributed by atoms with Crippen LogP contribution in [0.15, 0.2) is 73.5 Å². The third-order valence-electron chi connectivity index (χ3n) is 7.90. The van der Waals surface area contributed by atoms with Crippen LogP contribution in [0.25, 0.3) is 32.7 Å². The summed E-state index contributed by atoms with van der Waals surface area (Å²) >= 11 is 1.45. The van der Waals surface area contributed by atoms with Crippen LogP contribution < -0.4 is 17.0 Å². The van der Waals surface area contributed by atoms with Crippen molar-refractivity contribution in [1.29, 1.82) is 0 Å². The molecule has 2 aromatic carbocycles. The number of aromatic nitrogens is 4. The molecule has 0 saturated heterocycles. The Morgan fingerprint density at radius 3 is 2.38 bits per heavy atom. The van der Waals surface area contributed by atoms with E-state index in [4.69, 9.17) is 0 Å². The van der Waals surface area contributed by atoms with Crippen LogP contribution in [0.4, 0.5) is 0 Å². The molecule has 1 saturated carbocycles. The molecule has 0 unspecified atom stereocenters. The Morgan fingerprint density at radius 2 is 1.71 bits per heavy atom. The summed E-state index contributed by atoms with van der Waals surface area (Å²) in [6, 6.07) is 17.2. The zero-order chi connectivity index (χ0) is 28.5. The Morgan fingerprint density at radius 1 is 1.00 bits per heavy atom. The third kappa shape index (κ3) is 6.17. The second-order valence-corrected chi connectivity index (χ2v) is 11.6. The number of rotatable bonds is 8. The molecule has 3 aromatic heterocycles. The first kappa shape index (κ1) is 30.8. The minimum absolute atomic E-state index is 0. The monoisotopic (exact) mass is 609 g/mol. The fraction of sp³-hybridized carbons (Fsp3) is 0.323. The number of ketones is 1. The average Bonchev–Trinajstić information content (AvgIpc) is 3.65. The number of hydrogen-bond acceptors (Lipinski definition) is 7. The third-order valence-corrected chi connectivity index (χ3v) is 9.20. The number of aromatic amines is 1. The molecule has 0 atom stereocenters. The minimum Gasteiger partial charge on any atom is -0.297 e. The molecule has 1 aliphatic carbocycles. The Balaban J connectivity index is 0.00000353. The Hall–Kier alpha value is -2.67. The van der Waals surface area contributed by atoms with Gasteiger partial charge in [0.1, 0.15) is 4.83 Å². The van der Waals surface area contributed by atoms with Gasteiger partial charge in [0.2, 0.25) is 0 Å². The molecule has 5 aromatic rings. The van der Waals surface area contributed by atoms with Gasteiger partial charge in [-0.2, -0.15) is 0 Å². The predicted octanol–water partition coefficient (Wildman–Crippen LogP) is 4.61. The summed E-state index contributed by atoms with van der Waals surface area (Å²) in [6.07, 6.45) is 5.54. The number of hydrogen-bond donors (Lipinski definition) is 1. The van der Waals surface area contributed by atoms with E-state index in [-0.39, 0.29) is 81.7 Å². The van der Waals surface area contributed by atoms with Gasteiger partial charge in [-0.25, -0.2) is 9.59 Å². The zero-order valence-corrected chi connectivity index (χ0v) is 27.7. The molecular weight excluding hydrogens is 580 g/mol. The summed E-state index contributed by atoms with van der Waals surface area (Å²) in [4.78, 5) is 56.0. The molecule has 0 amide bonds. The molecule has 11 heteroatoms. The van der Waals surface area contributed by atoms with Crippen molar-refractivity contribution in [3.63, 3.8) is 0 Å². The van der Waals surface area contributed by atoms with Crippen molar-refractivity contribution in [3.8, 4) is 22.5 Å². The number of carbonyl (C=O) groups is 1. The van der Waals surface area contributed by atoms with E-state index in [2.05, 4.69) is 14.7 Å². The summed E-state index contributed by atoms with van der Waals surface area (Å²) in [5.74, 6) is -0.392. The van der Waals surface area contributed by atoms with E-state index in [1.165, 1.54) is 11.3 Å². The van der Waals surface area contributed by atoms with Gasteiger partial charge in [-0.1, -0.05) is 79.9 Å². The average molecular weight is 610 g/mol. The maximum Gasteiger partial charge on any atom is 0.439 e. The Bertz CT molecular complexity index is 1910. The summed E-state index contributed by atoms with van der Waals surface area (Å²) < 4.78 is 7.45. The topological polar surface area (TPSA) is 120 Å². The van der Waals surface area contributed by atoms with Gasteiger partial charge in [0.05, 0.1) is 18.5 Å². The van der Waals surface area contributed by atoms with Crippen LogP contribution in [-0.2, 0) is 24.3 Å². The Labute approximate surface area is 288 Å². The maximum atomic E-state index is 13.8. The molecule has 6 rings (SSSR count). The second kappa shape index (κ2) is 13.3. The van der Waals surface area contributed by atoms with Crippen molar-refractivity contribution in [2.45, 2.75) is 58.5 Å². The number of carbonyl (C=O) groups excluding carboxylic acids is 1. The van der Waals surface area contributed by atoms with Gasteiger partial charge >= 0.3 is 11.4 Å². The van der Waals surface area contributed by atoms with Crippen LogP contribution >= 0.6 is 11.3 Å². The summed E-state index contributed by atoms with van der Waals surface area (Å²) in [5, 5.41) is 4.31. The van der Waals surface area contributed by atoms with Gasteiger partial charge in [-0.15, -0.1) is 11.3 Å². The predicted molar refractivity (Wildman–Crippen MR) is 164 cm³/mol. The standard InChI is InChI=1S/C31H30N4O5S.K/c1-2-22-16-25-28(37)34(18-26(36)21-8-4-3-5-9-21)31(39)35(29(25)41-22)17-19-12-14-20(15-13-19)23-10-6-7-11-24(23)27-32-30(38)40-33-27;/h6-7,10-16,21H,2-5,8-9,17-18H2,1H3,(H,32,33,38);. The molecule has 0 aliphatic heterocycles. The van der Waals surface area contributed by atoms with Gasteiger partial charge < -0.3 is 0 Å². The minimum atomic E-state index is -0.622. The largest absolute Gasteiger partial charge is 0.439 e. The van der Waals surface area contributed by atoms with Gasteiger partial charge in [0.15, 0.2) is 11.6 Å². The van der Waals surface area contributed by atoms with Crippen molar-refractivity contribution < 1.29 is 9.32 Å². The summed E-state index contributed by atoms with van der Waals surface area (Å²) in [7, 11) is 0. The van der Waals surface area contributed by atoms with Crippen LogP contribution in [-0.4, -0.2) is 76.4 Å². The van der Waals surface area contributed by atoms with Crippen molar-refractivity contribution >= 4 is 78.7 Å². The number of H-pyrrole nitrogens is 1. The number of fused-ring (bicyclic) bond motifs is 1. The van der Waals surface area contributed by atoms with E-state index in [0.29, 0.717) is 16.0 Å². The quantitative estimate of drug-likeness (QED) is 0.257. The fourth-order valence-corrected chi connectivity index (χ4v) is 6.75. The number of thiophene rings is 1. The van der Waals surface area contributed by atoms with Crippen LogP contribution in [0.3, 0.4) is 0 Å². The summed E-state index contributed by atoms with van der Waals surface area (Å²) in [5.41, 5.74) is 2.52. The first-order chi connectivity index (χ1) is 19.9. The molecule has 1 N–H and O–H groups in total. The van der Waals surface area contributed by atoms with E-state index in [1.807, 2.05) is 61.5 Å².